The molecule has 1 unspecified atom stereocenters. The lowest BCUT2D eigenvalue weighted by Gasteiger charge is -2.31. The molecular weight excluding hydrogens is 268 g/mol. The Morgan fingerprint density at radius 2 is 2.28 bits per heavy atom. The maximum atomic E-state index is 9.47. The Balaban J connectivity index is 2.47. The number of thioether (sulfide) groups is 1. The van der Waals surface area contributed by atoms with Crippen LogP contribution in [0.25, 0.3) is 0 Å². The van der Waals surface area contributed by atoms with Crippen LogP contribution in [0.5, 0.6) is 0 Å². The fourth-order valence-corrected chi connectivity index (χ4v) is 3.12. The molecule has 0 saturated heterocycles. The zero-order valence-electron chi connectivity index (χ0n) is 11.1. The van der Waals surface area contributed by atoms with Crippen LogP contribution in [0.4, 0.5) is 0 Å². The molecule has 0 aliphatic carbocycles. The van der Waals surface area contributed by atoms with Crippen molar-refractivity contribution < 1.29 is 5.11 Å². The van der Waals surface area contributed by atoms with Gasteiger partial charge in [-0.1, -0.05) is 25.4 Å². The van der Waals surface area contributed by atoms with E-state index >= 15 is 0 Å². The van der Waals surface area contributed by atoms with Gasteiger partial charge in [0, 0.05) is 23.5 Å². The standard InChI is InChI=1S/C13H21ClN2OS/c1-10(2)16-13(3,9-17)6-8-18-12-11(14)5-4-7-15-12/h4-5,7,10,16-17H,6,8-9H2,1-3H3. The van der Waals surface area contributed by atoms with Crippen LogP contribution in [0.1, 0.15) is 27.2 Å². The minimum atomic E-state index is -0.248. The molecule has 0 fully saturated rings. The van der Waals surface area contributed by atoms with Crippen molar-refractivity contribution in [2.24, 2.45) is 0 Å². The molecule has 5 heteroatoms. The highest BCUT2D eigenvalue weighted by Crippen LogP contribution is 2.26. The summed E-state index contributed by atoms with van der Waals surface area (Å²) in [5.41, 5.74) is -0.248. The van der Waals surface area contributed by atoms with E-state index in [1.807, 2.05) is 19.1 Å². The van der Waals surface area contributed by atoms with E-state index in [1.165, 1.54) is 0 Å². The van der Waals surface area contributed by atoms with Crippen LogP contribution in [-0.2, 0) is 0 Å². The maximum absolute atomic E-state index is 9.47. The predicted molar refractivity (Wildman–Crippen MR) is 78.4 cm³/mol. The molecule has 0 spiro atoms. The lowest BCUT2D eigenvalue weighted by Crippen LogP contribution is -2.49. The van der Waals surface area contributed by atoms with Gasteiger partial charge < -0.3 is 10.4 Å². The first kappa shape index (κ1) is 15.8. The van der Waals surface area contributed by atoms with Gasteiger partial charge in [0.05, 0.1) is 11.6 Å². The molecule has 3 nitrogen and oxygen atoms in total. The van der Waals surface area contributed by atoms with Gasteiger partial charge in [0.1, 0.15) is 5.03 Å². The summed E-state index contributed by atoms with van der Waals surface area (Å²) in [6, 6.07) is 4.02. The van der Waals surface area contributed by atoms with Crippen LogP contribution in [0, 0.1) is 0 Å². The van der Waals surface area contributed by atoms with Gasteiger partial charge in [-0.2, -0.15) is 0 Å². The van der Waals surface area contributed by atoms with E-state index in [1.54, 1.807) is 18.0 Å². The Labute approximate surface area is 118 Å². The first-order valence-corrected chi connectivity index (χ1v) is 7.45. The van der Waals surface area contributed by atoms with E-state index in [-0.39, 0.29) is 12.1 Å². The Bertz CT molecular complexity index is 376. The van der Waals surface area contributed by atoms with Crippen LogP contribution in [0.2, 0.25) is 5.02 Å². The van der Waals surface area contributed by atoms with Crippen LogP contribution < -0.4 is 5.32 Å². The third-order valence-electron chi connectivity index (χ3n) is 2.60. The molecule has 0 aliphatic heterocycles. The Hall–Kier alpha value is -0.290. The predicted octanol–water partition coefficient (Wildman–Crippen LogP) is 2.97. The first-order valence-electron chi connectivity index (χ1n) is 6.09. The first-order chi connectivity index (χ1) is 8.47. The molecule has 1 aromatic heterocycles. The van der Waals surface area contributed by atoms with E-state index in [2.05, 4.69) is 24.1 Å². The number of aliphatic hydroxyl groups excluding tert-OH is 1. The molecule has 0 aliphatic rings. The van der Waals surface area contributed by atoms with Crippen molar-refractivity contribution in [3.8, 4) is 0 Å². The van der Waals surface area contributed by atoms with Crippen LogP contribution in [-0.4, -0.2) is 34.0 Å². The summed E-state index contributed by atoms with van der Waals surface area (Å²) in [5.74, 6) is 0.869. The molecule has 1 heterocycles. The molecule has 1 rings (SSSR count). The largest absolute Gasteiger partial charge is 0.394 e. The van der Waals surface area contributed by atoms with Gasteiger partial charge >= 0.3 is 0 Å². The molecule has 0 radical (unpaired) electrons. The molecule has 0 saturated carbocycles. The number of rotatable bonds is 7. The van der Waals surface area contributed by atoms with Crippen molar-refractivity contribution in [2.45, 2.75) is 43.8 Å². The highest BCUT2D eigenvalue weighted by Gasteiger charge is 2.23. The van der Waals surface area contributed by atoms with Gasteiger partial charge in [-0.15, -0.1) is 11.8 Å². The quantitative estimate of drug-likeness (QED) is 0.757. The number of hydrogen-bond donors (Lipinski definition) is 2. The minimum Gasteiger partial charge on any atom is -0.394 e. The maximum Gasteiger partial charge on any atom is 0.115 e. The fourth-order valence-electron chi connectivity index (χ4n) is 1.74. The number of nitrogens with zero attached hydrogens (tertiary/aromatic N) is 1. The number of pyridine rings is 1. The Morgan fingerprint density at radius 1 is 1.56 bits per heavy atom. The van der Waals surface area contributed by atoms with Crippen LogP contribution in [0.15, 0.2) is 23.4 Å². The van der Waals surface area contributed by atoms with Gasteiger partial charge in [0.25, 0.3) is 0 Å². The van der Waals surface area contributed by atoms with Gasteiger partial charge in [0.2, 0.25) is 0 Å². The number of halogens is 1. The normalized spacial score (nSPS) is 14.8. The second kappa shape index (κ2) is 7.34. The third kappa shape index (κ3) is 5.14. The molecular formula is C13H21ClN2OS. The molecule has 0 bridgehead atoms. The zero-order chi connectivity index (χ0) is 13.6. The smallest absolute Gasteiger partial charge is 0.115 e. The van der Waals surface area contributed by atoms with Crippen molar-refractivity contribution >= 4 is 23.4 Å². The lowest BCUT2D eigenvalue weighted by atomic mass is 9.99. The van der Waals surface area contributed by atoms with E-state index in [4.69, 9.17) is 11.6 Å². The number of aliphatic hydroxyl groups is 1. The minimum absolute atomic E-state index is 0.127. The van der Waals surface area contributed by atoms with Crippen LogP contribution in [0.3, 0.4) is 0 Å². The lowest BCUT2D eigenvalue weighted by molar-refractivity contribution is 0.162. The summed E-state index contributed by atoms with van der Waals surface area (Å²) in [4.78, 5) is 4.23. The highest BCUT2D eigenvalue weighted by atomic mass is 35.5. The summed E-state index contributed by atoms with van der Waals surface area (Å²) >= 11 is 7.67. The van der Waals surface area contributed by atoms with Crippen molar-refractivity contribution in [1.29, 1.82) is 0 Å². The molecule has 0 aromatic carbocycles. The molecule has 1 aromatic rings. The molecule has 0 amide bonds. The number of nitrogens with one attached hydrogen (secondary N) is 1. The van der Waals surface area contributed by atoms with E-state index in [0.29, 0.717) is 11.1 Å². The van der Waals surface area contributed by atoms with E-state index in [9.17, 15) is 5.11 Å². The summed E-state index contributed by atoms with van der Waals surface area (Å²) in [7, 11) is 0. The Kier molecular flexibility index (Phi) is 6.43. The molecule has 18 heavy (non-hydrogen) atoms. The topological polar surface area (TPSA) is 45.1 Å². The highest BCUT2D eigenvalue weighted by molar-refractivity contribution is 7.99. The van der Waals surface area contributed by atoms with Crippen LogP contribution >= 0.6 is 23.4 Å². The average molecular weight is 289 g/mol. The average Bonchev–Trinajstić information content (AvgIpc) is 2.31. The van der Waals surface area contributed by atoms with Gasteiger partial charge in [-0.05, 0) is 25.5 Å². The van der Waals surface area contributed by atoms with E-state index < -0.39 is 0 Å². The van der Waals surface area contributed by atoms with Gasteiger partial charge in [-0.3, -0.25) is 0 Å². The third-order valence-corrected chi connectivity index (χ3v) is 4.03. The van der Waals surface area contributed by atoms with Crippen molar-refractivity contribution in [3.05, 3.63) is 23.4 Å². The van der Waals surface area contributed by atoms with Gasteiger partial charge in [0.15, 0.2) is 0 Å². The number of aromatic nitrogens is 1. The zero-order valence-corrected chi connectivity index (χ0v) is 12.7. The van der Waals surface area contributed by atoms with Crippen molar-refractivity contribution in [1.82, 2.24) is 10.3 Å². The fraction of sp³-hybridized carbons (Fsp3) is 0.615. The SMILES string of the molecule is CC(C)NC(C)(CO)CCSc1ncccc1Cl. The monoisotopic (exact) mass is 288 g/mol. The molecule has 2 N–H and O–H groups in total. The molecule has 102 valence electrons. The second-order valence-corrected chi connectivity index (χ2v) is 6.40. The van der Waals surface area contributed by atoms with Crippen molar-refractivity contribution in [3.63, 3.8) is 0 Å². The summed E-state index contributed by atoms with van der Waals surface area (Å²) in [6.45, 7) is 6.32. The molecule has 1 atom stereocenters. The van der Waals surface area contributed by atoms with E-state index in [0.717, 1.165) is 17.2 Å². The van der Waals surface area contributed by atoms with Crippen molar-refractivity contribution in [2.75, 3.05) is 12.4 Å². The summed E-state index contributed by atoms with van der Waals surface area (Å²) in [6.07, 6.45) is 2.60. The second-order valence-electron chi connectivity index (χ2n) is 4.91. The Morgan fingerprint density at radius 3 is 2.83 bits per heavy atom. The summed E-state index contributed by atoms with van der Waals surface area (Å²) < 4.78 is 0. The number of hydrogen-bond acceptors (Lipinski definition) is 4. The van der Waals surface area contributed by atoms with Gasteiger partial charge in [-0.25, -0.2) is 4.98 Å². The summed E-state index contributed by atoms with van der Waals surface area (Å²) in [5, 5.41) is 14.4.